The van der Waals surface area contributed by atoms with Gasteiger partial charge in [-0.15, -0.1) is 0 Å². The Hall–Kier alpha value is -0.740. The second kappa shape index (κ2) is 3.79. The smallest absolute Gasteiger partial charge is 0.202 e. The third-order valence-electron chi connectivity index (χ3n) is 3.04. The van der Waals surface area contributed by atoms with Gasteiger partial charge in [0.2, 0.25) is 5.78 Å². The summed E-state index contributed by atoms with van der Waals surface area (Å²) < 4.78 is 4.11. The van der Waals surface area contributed by atoms with Gasteiger partial charge in [0.25, 0.3) is 0 Å². The minimum atomic E-state index is -0.325. The van der Waals surface area contributed by atoms with E-state index in [0.717, 1.165) is 25.7 Å². The number of aromatic nitrogens is 1. The Bertz CT molecular complexity index is 315. The van der Waals surface area contributed by atoms with Crippen LogP contribution in [0, 0.1) is 0 Å². The maximum atomic E-state index is 12.1. The van der Waals surface area contributed by atoms with E-state index in [1.807, 2.05) is 18.5 Å². The highest BCUT2D eigenvalue weighted by Gasteiger charge is 2.40. The summed E-state index contributed by atoms with van der Waals surface area (Å²) >= 11 is 1.34. The van der Waals surface area contributed by atoms with Gasteiger partial charge < -0.3 is 5.32 Å². The molecular formula is C10H14N2OS. The molecule has 0 saturated heterocycles. The minimum Gasteiger partial charge on any atom is -0.308 e. The van der Waals surface area contributed by atoms with Crippen molar-refractivity contribution in [2.24, 2.45) is 0 Å². The van der Waals surface area contributed by atoms with Crippen LogP contribution >= 0.6 is 11.5 Å². The molecule has 2 rings (SSSR count). The lowest BCUT2D eigenvalue weighted by Gasteiger charge is -2.25. The van der Waals surface area contributed by atoms with Crippen molar-refractivity contribution in [3.05, 3.63) is 17.1 Å². The fourth-order valence-corrected chi connectivity index (χ4v) is 2.65. The first-order valence-corrected chi connectivity index (χ1v) is 5.76. The largest absolute Gasteiger partial charge is 0.308 e. The average Bonchev–Trinajstić information content (AvgIpc) is 2.89. The normalized spacial score (nSPS) is 19.8. The van der Waals surface area contributed by atoms with Crippen LogP contribution in [0.5, 0.6) is 0 Å². The number of rotatable bonds is 3. The highest BCUT2D eigenvalue weighted by atomic mass is 32.1. The number of Topliss-reactive ketones (excluding diaryl/α,β-unsaturated/α-hetero) is 1. The van der Waals surface area contributed by atoms with Crippen LogP contribution in [0.15, 0.2) is 11.4 Å². The first kappa shape index (κ1) is 9.80. The predicted molar refractivity (Wildman–Crippen MR) is 56.7 cm³/mol. The van der Waals surface area contributed by atoms with E-state index in [9.17, 15) is 4.79 Å². The van der Waals surface area contributed by atoms with Crippen molar-refractivity contribution in [2.45, 2.75) is 31.2 Å². The lowest BCUT2D eigenvalue weighted by molar-refractivity contribution is 0.0858. The predicted octanol–water partition coefficient (Wildman–Crippen LogP) is 1.86. The van der Waals surface area contributed by atoms with Crippen LogP contribution < -0.4 is 5.32 Å². The lowest BCUT2D eigenvalue weighted by Crippen LogP contribution is -2.47. The van der Waals surface area contributed by atoms with Crippen LogP contribution in [0.1, 0.15) is 36.2 Å². The lowest BCUT2D eigenvalue weighted by atomic mass is 9.90. The Morgan fingerprint density at radius 2 is 2.29 bits per heavy atom. The quantitative estimate of drug-likeness (QED) is 0.774. The van der Waals surface area contributed by atoms with Crippen molar-refractivity contribution in [1.82, 2.24) is 9.69 Å². The Kier molecular flexibility index (Phi) is 2.65. The Balaban J connectivity index is 2.24. The van der Waals surface area contributed by atoms with E-state index in [4.69, 9.17) is 0 Å². The van der Waals surface area contributed by atoms with Crippen LogP contribution in [-0.4, -0.2) is 22.7 Å². The Morgan fingerprint density at radius 3 is 2.79 bits per heavy atom. The molecule has 0 aromatic carbocycles. The van der Waals surface area contributed by atoms with Crippen molar-refractivity contribution in [3.8, 4) is 0 Å². The van der Waals surface area contributed by atoms with Crippen LogP contribution in [-0.2, 0) is 0 Å². The zero-order valence-electron chi connectivity index (χ0n) is 8.25. The summed E-state index contributed by atoms with van der Waals surface area (Å²) in [6.07, 6.45) is 4.16. The molecule has 0 spiro atoms. The molecule has 1 aliphatic carbocycles. The first-order valence-electron chi connectivity index (χ1n) is 4.93. The number of carbonyl (C=O) groups is 1. The molecular weight excluding hydrogens is 196 g/mol. The number of nitrogens with one attached hydrogen (secondary N) is 1. The molecule has 76 valence electrons. The van der Waals surface area contributed by atoms with Gasteiger partial charge in [0.15, 0.2) is 0 Å². The third kappa shape index (κ3) is 1.48. The third-order valence-corrected chi connectivity index (χ3v) is 3.60. The van der Waals surface area contributed by atoms with E-state index in [1.54, 1.807) is 0 Å². The van der Waals surface area contributed by atoms with Crippen LogP contribution in [0.2, 0.25) is 0 Å². The summed E-state index contributed by atoms with van der Waals surface area (Å²) in [5, 5.41) is 5.03. The number of hydrogen-bond donors (Lipinski definition) is 1. The molecule has 0 bridgehead atoms. The van der Waals surface area contributed by atoms with Crippen LogP contribution in [0.4, 0.5) is 0 Å². The minimum absolute atomic E-state index is 0.166. The fraction of sp³-hybridized carbons (Fsp3) is 0.600. The summed E-state index contributed by atoms with van der Waals surface area (Å²) in [5.41, 5.74) is 0.292. The molecule has 1 aromatic heterocycles. The highest BCUT2D eigenvalue weighted by molar-refractivity contribution is 7.03. The van der Waals surface area contributed by atoms with E-state index >= 15 is 0 Å². The molecule has 1 N–H and O–H groups in total. The number of nitrogens with zero attached hydrogens (tertiary/aromatic N) is 1. The molecule has 1 aliphatic rings. The summed E-state index contributed by atoms with van der Waals surface area (Å²) in [6, 6.07) is 1.81. The topological polar surface area (TPSA) is 42.0 Å². The number of carbonyl (C=O) groups excluding carboxylic acids is 1. The van der Waals surface area contributed by atoms with Crippen molar-refractivity contribution in [2.75, 3.05) is 7.05 Å². The summed E-state index contributed by atoms with van der Waals surface area (Å²) in [5.74, 6) is 0.166. The summed E-state index contributed by atoms with van der Waals surface area (Å²) in [7, 11) is 1.87. The summed E-state index contributed by atoms with van der Waals surface area (Å²) in [6.45, 7) is 0. The summed E-state index contributed by atoms with van der Waals surface area (Å²) in [4.78, 5) is 12.1. The van der Waals surface area contributed by atoms with Gasteiger partial charge in [0.05, 0.1) is 5.54 Å². The number of ketones is 1. The van der Waals surface area contributed by atoms with Gasteiger partial charge in [-0.1, -0.05) is 12.8 Å². The van der Waals surface area contributed by atoms with Gasteiger partial charge in [-0.25, -0.2) is 0 Å². The second-order valence-corrected chi connectivity index (χ2v) is 4.42. The fourth-order valence-electron chi connectivity index (χ4n) is 2.14. The SMILES string of the molecule is CNC1(C(=O)c2ccsn2)CCCC1. The van der Waals surface area contributed by atoms with E-state index in [2.05, 4.69) is 9.69 Å². The molecule has 0 amide bonds. The van der Waals surface area contributed by atoms with Crippen LogP contribution in [0.25, 0.3) is 0 Å². The maximum absolute atomic E-state index is 12.1. The molecule has 1 fully saturated rings. The molecule has 0 radical (unpaired) electrons. The van der Waals surface area contributed by atoms with Gasteiger partial charge >= 0.3 is 0 Å². The molecule has 1 aromatic rings. The van der Waals surface area contributed by atoms with Crippen molar-refractivity contribution < 1.29 is 4.79 Å². The van der Waals surface area contributed by atoms with E-state index in [1.165, 1.54) is 11.5 Å². The zero-order valence-corrected chi connectivity index (χ0v) is 9.06. The van der Waals surface area contributed by atoms with Gasteiger partial charge in [-0.05, 0) is 37.5 Å². The highest BCUT2D eigenvalue weighted by Crippen LogP contribution is 2.32. The molecule has 0 unspecified atom stereocenters. The molecule has 0 atom stereocenters. The van der Waals surface area contributed by atoms with Gasteiger partial charge in [-0.2, -0.15) is 4.37 Å². The maximum Gasteiger partial charge on any atom is 0.202 e. The molecule has 0 aliphatic heterocycles. The van der Waals surface area contributed by atoms with Gasteiger partial charge in [0, 0.05) is 5.38 Å². The van der Waals surface area contributed by atoms with Gasteiger partial charge in [0.1, 0.15) is 5.69 Å². The molecule has 3 nitrogen and oxygen atoms in total. The van der Waals surface area contributed by atoms with Crippen molar-refractivity contribution in [3.63, 3.8) is 0 Å². The zero-order chi connectivity index (χ0) is 10.0. The van der Waals surface area contributed by atoms with E-state index in [-0.39, 0.29) is 11.3 Å². The molecule has 1 saturated carbocycles. The molecule has 4 heteroatoms. The van der Waals surface area contributed by atoms with Crippen LogP contribution in [0.3, 0.4) is 0 Å². The second-order valence-electron chi connectivity index (χ2n) is 3.75. The molecule has 14 heavy (non-hydrogen) atoms. The average molecular weight is 210 g/mol. The van der Waals surface area contributed by atoms with E-state index < -0.39 is 0 Å². The van der Waals surface area contributed by atoms with Gasteiger partial charge in [-0.3, -0.25) is 4.79 Å². The standard InChI is InChI=1S/C10H14N2OS/c1-11-10(5-2-3-6-10)9(13)8-4-7-14-12-8/h4,7,11H,2-3,5-6H2,1H3. The first-order chi connectivity index (χ1) is 6.78. The van der Waals surface area contributed by atoms with E-state index in [0.29, 0.717) is 5.69 Å². The molecule has 1 heterocycles. The number of hydrogen-bond acceptors (Lipinski definition) is 4. The Morgan fingerprint density at radius 1 is 1.57 bits per heavy atom. The van der Waals surface area contributed by atoms with Crippen molar-refractivity contribution in [1.29, 1.82) is 0 Å². The monoisotopic (exact) mass is 210 g/mol. The Labute approximate surface area is 87.7 Å². The number of likely N-dealkylation sites (N-methyl/N-ethyl adjacent to an activating group) is 1. The van der Waals surface area contributed by atoms with Crippen molar-refractivity contribution >= 4 is 17.3 Å².